The molecule has 1 aliphatic rings. The molecular formula is C13H13N3O4. The molecular weight excluding hydrogens is 262 g/mol. The summed E-state index contributed by atoms with van der Waals surface area (Å²) >= 11 is 0. The van der Waals surface area contributed by atoms with Crippen LogP contribution in [0.2, 0.25) is 0 Å². The Balaban J connectivity index is 1.60. The summed E-state index contributed by atoms with van der Waals surface area (Å²) in [5, 5.41) is 0. The van der Waals surface area contributed by atoms with Crippen LogP contribution in [0.25, 0.3) is 0 Å². The van der Waals surface area contributed by atoms with Gasteiger partial charge in [-0.25, -0.2) is 4.98 Å². The first-order valence-corrected chi connectivity index (χ1v) is 6.26. The zero-order chi connectivity index (χ0) is 13.9. The first kappa shape index (κ1) is 12.5. The van der Waals surface area contributed by atoms with Gasteiger partial charge in [-0.05, 0) is 12.1 Å². The number of hydrogen-bond acceptors (Lipinski definition) is 5. The summed E-state index contributed by atoms with van der Waals surface area (Å²) in [5.74, 6) is 0.185. The van der Waals surface area contributed by atoms with Crippen LogP contribution in [-0.4, -0.2) is 52.8 Å². The summed E-state index contributed by atoms with van der Waals surface area (Å²) in [5.41, 5.74) is 0. The molecule has 3 heterocycles. The predicted octanol–water partition coefficient (Wildman–Crippen LogP) is 0.866. The third-order valence-electron chi connectivity index (χ3n) is 3.23. The maximum absolute atomic E-state index is 12.1. The minimum absolute atomic E-state index is 0.151. The van der Waals surface area contributed by atoms with Gasteiger partial charge in [-0.3, -0.25) is 9.59 Å². The first-order chi connectivity index (χ1) is 9.75. The van der Waals surface area contributed by atoms with Crippen LogP contribution in [0.4, 0.5) is 0 Å². The normalized spacial score (nSPS) is 15.4. The van der Waals surface area contributed by atoms with Crippen molar-refractivity contribution in [3.63, 3.8) is 0 Å². The highest BCUT2D eigenvalue weighted by Gasteiger charge is 2.27. The summed E-state index contributed by atoms with van der Waals surface area (Å²) in [4.78, 5) is 31.1. The molecule has 1 saturated heterocycles. The van der Waals surface area contributed by atoms with E-state index in [1.54, 1.807) is 21.9 Å². The molecule has 0 aliphatic carbocycles. The zero-order valence-corrected chi connectivity index (χ0v) is 10.7. The SMILES string of the molecule is O=C(c1ccco1)N1CCN(C(=O)c2cnco2)CC1. The number of piperazine rings is 1. The Labute approximate surface area is 114 Å². The van der Waals surface area contributed by atoms with Gasteiger partial charge in [0.15, 0.2) is 12.2 Å². The zero-order valence-electron chi connectivity index (χ0n) is 10.7. The van der Waals surface area contributed by atoms with Gasteiger partial charge in [0, 0.05) is 26.2 Å². The molecule has 0 radical (unpaired) electrons. The summed E-state index contributed by atoms with van der Waals surface area (Å²) in [6.45, 7) is 1.87. The van der Waals surface area contributed by atoms with Gasteiger partial charge in [0.05, 0.1) is 12.5 Å². The van der Waals surface area contributed by atoms with Crippen molar-refractivity contribution in [2.45, 2.75) is 0 Å². The van der Waals surface area contributed by atoms with Crippen molar-refractivity contribution in [3.05, 3.63) is 42.5 Å². The largest absolute Gasteiger partial charge is 0.459 e. The molecule has 0 N–H and O–H groups in total. The van der Waals surface area contributed by atoms with Gasteiger partial charge in [-0.1, -0.05) is 0 Å². The van der Waals surface area contributed by atoms with Gasteiger partial charge in [-0.2, -0.15) is 0 Å². The van der Waals surface area contributed by atoms with Crippen LogP contribution in [-0.2, 0) is 0 Å². The van der Waals surface area contributed by atoms with Crippen molar-refractivity contribution in [2.75, 3.05) is 26.2 Å². The minimum atomic E-state index is -0.201. The smallest absolute Gasteiger partial charge is 0.291 e. The quantitative estimate of drug-likeness (QED) is 0.812. The van der Waals surface area contributed by atoms with Crippen molar-refractivity contribution in [1.82, 2.24) is 14.8 Å². The Bertz CT molecular complexity index is 529. The summed E-state index contributed by atoms with van der Waals surface area (Å²) in [6, 6.07) is 3.31. The molecule has 0 bridgehead atoms. The second-order valence-electron chi connectivity index (χ2n) is 4.43. The van der Waals surface area contributed by atoms with Crippen LogP contribution in [0, 0.1) is 0 Å². The lowest BCUT2D eigenvalue weighted by molar-refractivity contribution is 0.0502. The molecule has 2 aromatic heterocycles. The number of aromatic nitrogens is 1. The van der Waals surface area contributed by atoms with Gasteiger partial charge >= 0.3 is 0 Å². The van der Waals surface area contributed by atoms with E-state index in [2.05, 4.69) is 4.98 Å². The number of nitrogens with zero attached hydrogens (tertiary/aromatic N) is 3. The number of furan rings is 1. The summed E-state index contributed by atoms with van der Waals surface area (Å²) < 4.78 is 10.1. The molecule has 1 fully saturated rings. The summed E-state index contributed by atoms with van der Waals surface area (Å²) in [6.07, 6.45) is 4.09. The highest BCUT2D eigenvalue weighted by molar-refractivity contribution is 5.93. The standard InChI is InChI=1S/C13H13N3O4/c17-12(10-2-1-7-19-10)15-3-5-16(6-4-15)13(18)11-8-14-9-20-11/h1-2,7-9H,3-6H2. The van der Waals surface area contributed by atoms with Crippen molar-refractivity contribution in [1.29, 1.82) is 0 Å². The molecule has 104 valence electrons. The molecule has 2 amide bonds. The average Bonchev–Trinajstić information content (AvgIpc) is 3.18. The van der Waals surface area contributed by atoms with Crippen molar-refractivity contribution in [3.8, 4) is 0 Å². The van der Waals surface area contributed by atoms with Gasteiger partial charge in [0.1, 0.15) is 0 Å². The van der Waals surface area contributed by atoms with Gasteiger partial charge in [0.2, 0.25) is 5.76 Å². The maximum Gasteiger partial charge on any atom is 0.291 e. The van der Waals surface area contributed by atoms with E-state index < -0.39 is 0 Å². The number of rotatable bonds is 2. The lowest BCUT2D eigenvalue weighted by Crippen LogP contribution is -2.50. The van der Waals surface area contributed by atoms with Crippen LogP contribution < -0.4 is 0 Å². The predicted molar refractivity (Wildman–Crippen MR) is 67.0 cm³/mol. The molecule has 0 spiro atoms. The minimum Gasteiger partial charge on any atom is -0.459 e. The Hall–Kier alpha value is -2.57. The van der Waals surface area contributed by atoms with E-state index in [9.17, 15) is 9.59 Å². The van der Waals surface area contributed by atoms with Crippen LogP contribution in [0.15, 0.2) is 39.8 Å². The van der Waals surface area contributed by atoms with Crippen LogP contribution >= 0.6 is 0 Å². The number of carbonyl (C=O) groups excluding carboxylic acids is 2. The van der Waals surface area contributed by atoms with Gasteiger partial charge in [-0.15, -0.1) is 0 Å². The van der Waals surface area contributed by atoms with E-state index >= 15 is 0 Å². The average molecular weight is 275 g/mol. The third kappa shape index (κ3) is 2.29. The van der Waals surface area contributed by atoms with Crippen LogP contribution in [0.3, 0.4) is 0 Å². The van der Waals surface area contributed by atoms with Crippen molar-refractivity contribution < 1.29 is 18.4 Å². The Kier molecular flexibility index (Phi) is 3.24. The molecule has 0 unspecified atom stereocenters. The molecule has 0 atom stereocenters. The highest BCUT2D eigenvalue weighted by Crippen LogP contribution is 2.11. The van der Waals surface area contributed by atoms with E-state index in [1.807, 2.05) is 0 Å². The number of oxazole rings is 1. The maximum atomic E-state index is 12.1. The van der Waals surface area contributed by atoms with E-state index in [0.29, 0.717) is 31.9 Å². The number of carbonyl (C=O) groups is 2. The molecule has 7 heteroatoms. The Morgan fingerprint density at radius 1 is 1.00 bits per heavy atom. The Morgan fingerprint density at radius 2 is 1.65 bits per heavy atom. The van der Waals surface area contributed by atoms with E-state index in [0.717, 1.165) is 0 Å². The van der Waals surface area contributed by atoms with Gasteiger partial charge < -0.3 is 18.6 Å². The second-order valence-corrected chi connectivity index (χ2v) is 4.43. The second kappa shape index (κ2) is 5.20. The van der Waals surface area contributed by atoms with Gasteiger partial charge in [0.25, 0.3) is 11.8 Å². The van der Waals surface area contributed by atoms with E-state index in [-0.39, 0.29) is 17.6 Å². The fourth-order valence-electron chi connectivity index (χ4n) is 2.15. The molecule has 0 saturated carbocycles. The number of hydrogen-bond donors (Lipinski definition) is 0. The van der Waals surface area contributed by atoms with E-state index in [1.165, 1.54) is 18.9 Å². The molecule has 3 rings (SSSR count). The lowest BCUT2D eigenvalue weighted by Gasteiger charge is -2.33. The van der Waals surface area contributed by atoms with Crippen LogP contribution in [0.1, 0.15) is 21.1 Å². The molecule has 7 nitrogen and oxygen atoms in total. The highest BCUT2D eigenvalue weighted by atomic mass is 16.4. The Morgan fingerprint density at radius 3 is 2.15 bits per heavy atom. The molecule has 2 aromatic rings. The third-order valence-corrected chi connectivity index (χ3v) is 3.23. The van der Waals surface area contributed by atoms with Crippen LogP contribution in [0.5, 0.6) is 0 Å². The fourth-order valence-corrected chi connectivity index (χ4v) is 2.15. The monoisotopic (exact) mass is 275 g/mol. The lowest BCUT2D eigenvalue weighted by atomic mass is 10.2. The number of amides is 2. The molecule has 20 heavy (non-hydrogen) atoms. The molecule has 1 aliphatic heterocycles. The topological polar surface area (TPSA) is 79.8 Å². The first-order valence-electron chi connectivity index (χ1n) is 6.26. The van der Waals surface area contributed by atoms with E-state index in [4.69, 9.17) is 8.83 Å². The van der Waals surface area contributed by atoms with Crippen molar-refractivity contribution in [2.24, 2.45) is 0 Å². The fraction of sp³-hybridized carbons (Fsp3) is 0.308. The molecule has 0 aromatic carbocycles. The summed E-state index contributed by atoms with van der Waals surface area (Å²) in [7, 11) is 0. The van der Waals surface area contributed by atoms with Crippen molar-refractivity contribution >= 4 is 11.8 Å².